The molecule has 0 aliphatic carbocycles. The molecule has 0 bridgehead atoms. The summed E-state index contributed by atoms with van der Waals surface area (Å²) in [4.78, 5) is 22.3. The van der Waals surface area contributed by atoms with Crippen molar-refractivity contribution in [1.82, 2.24) is 4.31 Å². The van der Waals surface area contributed by atoms with Crippen molar-refractivity contribution in [3.63, 3.8) is 0 Å². The summed E-state index contributed by atoms with van der Waals surface area (Å²) >= 11 is 5.88. The SMILES string of the molecule is CN(CC(=O)Oc1ccc([N+](=O)[O-])cc1Cl)S(=O)(=O)c1ccc2ccccc2c1. The maximum absolute atomic E-state index is 12.8. The van der Waals surface area contributed by atoms with Crippen molar-refractivity contribution < 1.29 is 22.9 Å². The highest BCUT2D eigenvalue weighted by atomic mass is 35.5. The minimum Gasteiger partial charge on any atom is -0.424 e. The predicted molar refractivity (Wildman–Crippen MR) is 108 cm³/mol. The molecule has 0 aliphatic heterocycles. The Morgan fingerprint density at radius 3 is 2.45 bits per heavy atom. The van der Waals surface area contributed by atoms with Gasteiger partial charge in [0.05, 0.1) is 14.8 Å². The van der Waals surface area contributed by atoms with Crippen LogP contribution in [0.3, 0.4) is 0 Å². The Labute approximate surface area is 171 Å². The van der Waals surface area contributed by atoms with Gasteiger partial charge in [0.1, 0.15) is 12.3 Å². The number of non-ortho nitro benzene ring substituents is 1. The zero-order valence-corrected chi connectivity index (χ0v) is 16.7. The summed E-state index contributed by atoms with van der Waals surface area (Å²) in [6, 6.07) is 15.3. The fraction of sp³-hybridized carbons (Fsp3) is 0.105. The van der Waals surface area contributed by atoms with E-state index >= 15 is 0 Å². The topological polar surface area (TPSA) is 107 Å². The highest BCUT2D eigenvalue weighted by Crippen LogP contribution is 2.29. The number of likely N-dealkylation sites (N-methyl/N-ethyl adjacent to an activating group) is 1. The molecule has 0 heterocycles. The third kappa shape index (κ3) is 4.53. The van der Waals surface area contributed by atoms with E-state index in [2.05, 4.69) is 0 Å². The van der Waals surface area contributed by atoms with Crippen LogP contribution in [-0.2, 0) is 14.8 Å². The fourth-order valence-electron chi connectivity index (χ4n) is 2.62. The summed E-state index contributed by atoms with van der Waals surface area (Å²) in [5.41, 5.74) is -0.259. The Morgan fingerprint density at radius 2 is 1.79 bits per heavy atom. The van der Waals surface area contributed by atoms with Gasteiger partial charge in [0.2, 0.25) is 10.0 Å². The molecule has 3 rings (SSSR count). The van der Waals surface area contributed by atoms with E-state index in [4.69, 9.17) is 16.3 Å². The Morgan fingerprint density at radius 1 is 1.10 bits per heavy atom. The Bertz CT molecular complexity index is 1210. The van der Waals surface area contributed by atoms with Crippen molar-refractivity contribution in [1.29, 1.82) is 0 Å². The molecule has 10 heteroatoms. The van der Waals surface area contributed by atoms with Crippen LogP contribution in [0.2, 0.25) is 5.02 Å². The number of sulfonamides is 1. The minimum atomic E-state index is -3.94. The van der Waals surface area contributed by atoms with Crippen molar-refractivity contribution >= 4 is 44.1 Å². The van der Waals surface area contributed by atoms with E-state index in [0.29, 0.717) is 0 Å². The highest BCUT2D eigenvalue weighted by molar-refractivity contribution is 7.89. The first-order valence-electron chi connectivity index (χ1n) is 8.28. The predicted octanol–water partition coefficient (Wildman–Crippen LogP) is 3.63. The van der Waals surface area contributed by atoms with Crippen molar-refractivity contribution in [2.75, 3.05) is 13.6 Å². The van der Waals surface area contributed by atoms with Gasteiger partial charge in [-0.15, -0.1) is 0 Å². The number of esters is 1. The molecule has 0 N–H and O–H groups in total. The van der Waals surface area contributed by atoms with Crippen LogP contribution in [0.5, 0.6) is 5.75 Å². The van der Waals surface area contributed by atoms with Gasteiger partial charge in [0, 0.05) is 19.2 Å². The van der Waals surface area contributed by atoms with Gasteiger partial charge in [-0.1, -0.05) is 41.9 Å². The van der Waals surface area contributed by atoms with Crippen LogP contribution in [0.1, 0.15) is 0 Å². The van der Waals surface area contributed by atoms with Gasteiger partial charge >= 0.3 is 5.97 Å². The lowest BCUT2D eigenvalue weighted by Crippen LogP contribution is -2.34. The summed E-state index contributed by atoms with van der Waals surface area (Å²) in [7, 11) is -2.68. The highest BCUT2D eigenvalue weighted by Gasteiger charge is 2.24. The Hall–Kier alpha value is -3.01. The average Bonchev–Trinajstić information content (AvgIpc) is 2.68. The minimum absolute atomic E-state index is 0.0415. The number of rotatable bonds is 6. The lowest BCUT2D eigenvalue weighted by atomic mass is 10.1. The molecule has 0 saturated heterocycles. The largest absolute Gasteiger partial charge is 0.424 e. The van der Waals surface area contributed by atoms with Gasteiger partial charge in [0.25, 0.3) is 5.69 Å². The number of nitrogens with zero attached hydrogens (tertiary/aromatic N) is 2. The standard InChI is InChI=1S/C19H15ClN2O6S/c1-21(12-19(23)28-18-9-7-15(22(24)25)11-17(18)20)29(26,27)16-8-6-13-4-2-3-5-14(13)10-16/h2-11H,12H2,1H3. The fourth-order valence-corrected chi connectivity index (χ4v) is 3.98. The maximum atomic E-state index is 12.8. The van der Waals surface area contributed by atoms with E-state index in [0.717, 1.165) is 27.2 Å². The normalized spacial score (nSPS) is 11.6. The molecule has 0 radical (unpaired) electrons. The molecule has 3 aromatic rings. The molecule has 0 spiro atoms. The van der Waals surface area contributed by atoms with Crippen LogP contribution in [0.25, 0.3) is 10.8 Å². The molecule has 29 heavy (non-hydrogen) atoms. The Balaban J connectivity index is 1.75. The number of benzene rings is 3. The summed E-state index contributed by atoms with van der Waals surface area (Å²) in [5, 5.41) is 12.2. The number of nitro groups is 1. The number of fused-ring (bicyclic) bond motifs is 1. The molecule has 8 nitrogen and oxygen atoms in total. The number of hydrogen-bond acceptors (Lipinski definition) is 6. The van der Waals surface area contributed by atoms with Gasteiger partial charge in [-0.2, -0.15) is 4.31 Å². The first kappa shape index (κ1) is 20.7. The molecule has 0 atom stereocenters. The van der Waals surface area contributed by atoms with Crippen molar-refractivity contribution in [2.45, 2.75) is 4.90 Å². The van der Waals surface area contributed by atoms with Gasteiger partial charge < -0.3 is 4.74 Å². The monoisotopic (exact) mass is 434 g/mol. The van der Waals surface area contributed by atoms with Gasteiger partial charge in [-0.05, 0) is 29.0 Å². The average molecular weight is 435 g/mol. The molecule has 0 fully saturated rings. The van der Waals surface area contributed by atoms with Crippen molar-refractivity contribution in [3.8, 4) is 5.75 Å². The number of carbonyl (C=O) groups excluding carboxylic acids is 1. The summed E-state index contributed by atoms with van der Waals surface area (Å²) in [6.07, 6.45) is 0. The molecule has 3 aromatic carbocycles. The number of hydrogen-bond donors (Lipinski definition) is 0. The Kier molecular flexibility index (Phi) is 5.83. The van der Waals surface area contributed by atoms with E-state index in [1.807, 2.05) is 12.1 Å². The smallest absolute Gasteiger partial charge is 0.326 e. The quantitative estimate of drug-likeness (QED) is 0.254. The van der Waals surface area contributed by atoms with Crippen LogP contribution >= 0.6 is 11.6 Å². The number of carbonyl (C=O) groups is 1. The molecule has 0 unspecified atom stereocenters. The third-order valence-corrected chi connectivity index (χ3v) is 6.23. The first-order chi connectivity index (χ1) is 13.7. The van der Waals surface area contributed by atoms with Crippen LogP contribution in [0.15, 0.2) is 65.6 Å². The van der Waals surface area contributed by atoms with Crippen LogP contribution < -0.4 is 4.74 Å². The van der Waals surface area contributed by atoms with E-state index in [-0.39, 0.29) is 21.4 Å². The second kappa shape index (κ2) is 8.16. The van der Waals surface area contributed by atoms with Crippen molar-refractivity contribution in [3.05, 3.63) is 75.8 Å². The second-order valence-electron chi connectivity index (χ2n) is 6.12. The molecule has 0 amide bonds. The second-order valence-corrected chi connectivity index (χ2v) is 8.57. The van der Waals surface area contributed by atoms with E-state index < -0.39 is 27.5 Å². The molecular weight excluding hydrogens is 420 g/mol. The van der Waals surface area contributed by atoms with Gasteiger partial charge in [0.15, 0.2) is 0 Å². The molecule has 0 saturated carbocycles. The lowest BCUT2D eigenvalue weighted by Gasteiger charge is -2.17. The summed E-state index contributed by atoms with van der Waals surface area (Å²) < 4.78 is 31.4. The summed E-state index contributed by atoms with van der Waals surface area (Å²) in [6.45, 7) is -0.567. The van der Waals surface area contributed by atoms with E-state index in [1.54, 1.807) is 18.2 Å². The van der Waals surface area contributed by atoms with Crippen molar-refractivity contribution in [2.24, 2.45) is 0 Å². The molecule has 0 aliphatic rings. The van der Waals surface area contributed by atoms with Gasteiger partial charge in [-0.3, -0.25) is 14.9 Å². The number of halogens is 1. The van der Waals surface area contributed by atoms with Crippen LogP contribution in [0.4, 0.5) is 5.69 Å². The lowest BCUT2D eigenvalue weighted by molar-refractivity contribution is -0.384. The molecular formula is C19H15ClN2O6S. The van der Waals surface area contributed by atoms with Gasteiger partial charge in [-0.25, -0.2) is 8.42 Å². The zero-order chi connectivity index (χ0) is 21.2. The molecule has 150 valence electrons. The molecule has 0 aromatic heterocycles. The summed E-state index contributed by atoms with van der Waals surface area (Å²) in [5.74, 6) is -0.980. The van der Waals surface area contributed by atoms with Crippen LogP contribution in [-0.4, -0.2) is 37.2 Å². The maximum Gasteiger partial charge on any atom is 0.326 e. The first-order valence-corrected chi connectivity index (χ1v) is 10.1. The third-order valence-electron chi connectivity index (χ3n) is 4.13. The van der Waals surface area contributed by atoms with E-state index in [9.17, 15) is 23.3 Å². The number of nitro benzene ring substituents is 1. The van der Waals surface area contributed by atoms with E-state index in [1.165, 1.54) is 25.2 Å². The number of ether oxygens (including phenoxy) is 1. The zero-order valence-electron chi connectivity index (χ0n) is 15.1. The van der Waals surface area contributed by atoms with Crippen LogP contribution in [0, 0.1) is 10.1 Å².